The Bertz CT molecular complexity index is 541. The summed E-state index contributed by atoms with van der Waals surface area (Å²) in [5.74, 6) is 0.533. The van der Waals surface area contributed by atoms with E-state index in [1.165, 1.54) is 7.11 Å². The number of fused-ring (bicyclic) bond motifs is 1. The van der Waals surface area contributed by atoms with E-state index in [-0.39, 0.29) is 12.4 Å². The molecule has 2 aromatic carbocycles. The van der Waals surface area contributed by atoms with Crippen LogP contribution in [0.3, 0.4) is 0 Å². The molecule has 0 aliphatic carbocycles. The van der Waals surface area contributed by atoms with E-state index in [0.717, 1.165) is 22.1 Å². The predicted molar refractivity (Wildman–Crippen MR) is 66.2 cm³/mol. The van der Waals surface area contributed by atoms with Crippen LogP contribution in [-0.2, 0) is 16.0 Å². The van der Waals surface area contributed by atoms with E-state index in [0.29, 0.717) is 0 Å². The van der Waals surface area contributed by atoms with E-state index in [1.54, 1.807) is 7.11 Å². The second-order valence-electron chi connectivity index (χ2n) is 3.73. The summed E-state index contributed by atoms with van der Waals surface area (Å²) in [6.07, 6.45) is 0.258. The van der Waals surface area contributed by atoms with Gasteiger partial charge in [-0.3, -0.25) is 4.79 Å². The maximum Gasteiger partial charge on any atom is 0.310 e. The van der Waals surface area contributed by atoms with Crippen LogP contribution in [0.25, 0.3) is 10.8 Å². The molecule has 0 bridgehead atoms. The van der Waals surface area contributed by atoms with E-state index in [9.17, 15) is 4.79 Å². The van der Waals surface area contributed by atoms with Gasteiger partial charge in [0.1, 0.15) is 5.75 Å². The maximum absolute atomic E-state index is 11.4. The average molecular weight is 230 g/mol. The Kier molecular flexibility index (Phi) is 3.28. The first kappa shape index (κ1) is 11.5. The topological polar surface area (TPSA) is 35.5 Å². The molecule has 0 unspecified atom stereocenters. The molecule has 0 aliphatic rings. The fraction of sp³-hybridized carbons (Fsp3) is 0.214. The molecule has 0 atom stereocenters. The third-order valence-corrected chi connectivity index (χ3v) is 2.74. The largest absolute Gasteiger partial charge is 0.496 e. The van der Waals surface area contributed by atoms with Gasteiger partial charge in [-0.2, -0.15) is 0 Å². The fourth-order valence-corrected chi connectivity index (χ4v) is 1.93. The molecule has 0 fully saturated rings. The fourth-order valence-electron chi connectivity index (χ4n) is 1.93. The van der Waals surface area contributed by atoms with Gasteiger partial charge in [-0.15, -0.1) is 0 Å². The monoisotopic (exact) mass is 230 g/mol. The molecule has 0 heterocycles. The average Bonchev–Trinajstić information content (AvgIpc) is 2.38. The standard InChI is InChI=1S/C14H14O3/c1-16-12-8-4-6-10-5-3-7-11(14(10)12)9-13(15)17-2/h3-8H,9H2,1-2H3. The highest BCUT2D eigenvalue weighted by Crippen LogP contribution is 2.29. The summed E-state index contributed by atoms with van der Waals surface area (Å²) in [6.45, 7) is 0. The number of esters is 1. The van der Waals surface area contributed by atoms with Crippen LogP contribution in [0.2, 0.25) is 0 Å². The Morgan fingerprint density at radius 2 is 1.82 bits per heavy atom. The lowest BCUT2D eigenvalue weighted by Crippen LogP contribution is -2.05. The summed E-state index contributed by atoms with van der Waals surface area (Å²) in [5.41, 5.74) is 0.923. The lowest BCUT2D eigenvalue weighted by molar-refractivity contribution is -0.139. The van der Waals surface area contributed by atoms with Gasteiger partial charge in [0.15, 0.2) is 0 Å². The number of rotatable bonds is 3. The number of benzene rings is 2. The van der Waals surface area contributed by atoms with E-state index < -0.39 is 0 Å². The van der Waals surface area contributed by atoms with Gasteiger partial charge in [-0.25, -0.2) is 0 Å². The maximum atomic E-state index is 11.4. The van der Waals surface area contributed by atoms with Gasteiger partial charge < -0.3 is 9.47 Å². The second kappa shape index (κ2) is 4.87. The van der Waals surface area contributed by atoms with Gasteiger partial charge in [0.05, 0.1) is 20.6 Å². The molecule has 0 amide bonds. The van der Waals surface area contributed by atoms with Gasteiger partial charge in [-0.1, -0.05) is 30.3 Å². The second-order valence-corrected chi connectivity index (χ2v) is 3.73. The highest BCUT2D eigenvalue weighted by Gasteiger charge is 2.10. The zero-order chi connectivity index (χ0) is 12.3. The predicted octanol–water partition coefficient (Wildman–Crippen LogP) is 2.56. The number of hydrogen-bond acceptors (Lipinski definition) is 3. The summed E-state index contributed by atoms with van der Waals surface area (Å²) in [5, 5.41) is 2.04. The summed E-state index contributed by atoms with van der Waals surface area (Å²) >= 11 is 0. The van der Waals surface area contributed by atoms with Crippen LogP contribution in [0, 0.1) is 0 Å². The van der Waals surface area contributed by atoms with Gasteiger partial charge in [0.25, 0.3) is 0 Å². The lowest BCUT2D eigenvalue weighted by Gasteiger charge is -2.09. The first-order valence-corrected chi connectivity index (χ1v) is 5.37. The van der Waals surface area contributed by atoms with Gasteiger partial charge in [0.2, 0.25) is 0 Å². The van der Waals surface area contributed by atoms with Crippen molar-refractivity contribution in [1.82, 2.24) is 0 Å². The third kappa shape index (κ3) is 2.23. The molecule has 0 saturated carbocycles. The normalized spacial score (nSPS) is 10.2. The molecule has 2 rings (SSSR count). The molecule has 0 spiro atoms. The van der Waals surface area contributed by atoms with E-state index in [4.69, 9.17) is 9.47 Å². The number of carbonyl (C=O) groups excluding carboxylic acids is 1. The Labute approximate surface area is 100.0 Å². The van der Waals surface area contributed by atoms with Crippen LogP contribution >= 0.6 is 0 Å². The molecule has 2 aromatic rings. The Balaban J connectivity index is 2.58. The molecule has 3 nitrogen and oxygen atoms in total. The molecule has 88 valence electrons. The van der Waals surface area contributed by atoms with Crippen molar-refractivity contribution in [1.29, 1.82) is 0 Å². The number of carbonyl (C=O) groups is 1. The first-order chi connectivity index (χ1) is 8.26. The van der Waals surface area contributed by atoms with Crippen molar-refractivity contribution >= 4 is 16.7 Å². The smallest absolute Gasteiger partial charge is 0.310 e. The van der Waals surface area contributed by atoms with Crippen molar-refractivity contribution in [3.8, 4) is 5.75 Å². The Morgan fingerprint density at radius 1 is 1.12 bits per heavy atom. The molecule has 0 radical (unpaired) electrons. The summed E-state index contributed by atoms with van der Waals surface area (Å²) in [6, 6.07) is 11.7. The van der Waals surface area contributed by atoms with Crippen LogP contribution in [0.15, 0.2) is 36.4 Å². The van der Waals surface area contributed by atoms with Crippen LogP contribution in [-0.4, -0.2) is 20.2 Å². The van der Waals surface area contributed by atoms with Crippen molar-refractivity contribution in [2.75, 3.05) is 14.2 Å². The van der Waals surface area contributed by atoms with Crippen LogP contribution in [0.1, 0.15) is 5.56 Å². The molecule has 17 heavy (non-hydrogen) atoms. The molecule has 0 N–H and O–H groups in total. The summed E-state index contributed by atoms with van der Waals surface area (Å²) in [7, 11) is 3.02. The number of methoxy groups -OCH3 is 2. The van der Waals surface area contributed by atoms with Crippen LogP contribution < -0.4 is 4.74 Å². The van der Waals surface area contributed by atoms with Gasteiger partial charge in [-0.05, 0) is 17.0 Å². The SMILES string of the molecule is COC(=O)Cc1cccc2cccc(OC)c12. The minimum absolute atomic E-state index is 0.247. The van der Waals surface area contributed by atoms with Gasteiger partial charge >= 0.3 is 5.97 Å². The van der Waals surface area contributed by atoms with E-state index in [1.807, 2.05) is 36.4 Å². The zero-order valence-electron chi connectivity index (χ0n) is 9.90. The van der Waals surface area contributed by atoms with Crippen molar-refractivity contribution in [2.45, 2.75) is 6.42 Å². The number of hydrogen-bond donors (Lipinski definition) is 0. The Hall–Kier alpha value is -2.03. The van der Waals surface area contributed by atoms with Crippen molar-refractivity contribution in [3.63, 3.8) is 0 Å². The Morgan fingerprint density at radius 3 is 2.47 bits per heavy atom. The highest BCUT2D eigenvalue weighted by atomic mass is 16.5. The first-order valence-electron chi connectivity index (χ1n) is 5.37. The van der Waals surface area contributed by atoms with Crippen LogP contribution in [0.5, 0.6) is 5.75 Å². The van der Waals surface area contributed by atoms with Gasteiger partial charge in [0, 0.05) is 5.39 Å². The molecule has 0 saturated heterocycles. The minimum Gasteiger partial charge on any atom is -0.496 e. The molecule has 3 heteroatoms. The highest BCUT2D eigenvalue weighted by molar-refractivity contribution is 5.93. The molecular weight excluding hydrogens is 216 g/mol. The molecule has 0 aromatic heterocycles. The summed E-state index contributed by atoms with van der Waals surface area (Å²) < 4.78 is 10.0. The third-order valence-electron chi connectivity index (χ3n) is 2.74. The minimum atomic E-state index is -0.247. The molecule has 0 aliphatic heterocycles. The zero-order valence-corrected chi connectivity index (χ0v) is 9.90. The van der Waals surface area contributed by atoms with Crippen LogP contribution in [0.4, 0.5) is 0 Å². The van der Waals surface area contributed by atoms with Crippen molar-refractivity contribution in [2.24, 2.45) is 0 Å². The quantitative estimate of drug-likeness (QED) is 0.760. The van der Waals surface area contributed by atoms with Crippen molar-refractivity contribution in [3.05, 3.63) is 42.0 Å². The van der Waals surface area contributed by atoms with Crippen molar-refractivity contribution < 1.29 is 14.3 Å². The molecular formula is C14H14O3. The summed E-state index contributed by atoms with van der Waals surface area (Å²) in [4.78, 5) is 11.4. The van der Waals surface area contributed by atoms with E-state index >= 15 is 0 Å². The lowest BCUT2D eigenvalue weighted by atomic mass is 10.0. The number of ether oxygens (including phenoxy) is 2. The van der Waals surface area contributed by atoms with E-state index in [2.05, 4.69) is 0 Å².